The summed E-state index contributed by atoms with van der Waals surface area (Å²) in [6.07, 6.45) is 2.01. The molecule has 0 saturated heterocycles. The SMILES string of the molecule is N/C=C(\C=O)c1ccc2scc(-c3ccccc3)c2n1. The van der Waals surface area contributed by atoms with Crippen LogP contribution in [0.3, 0.4) is 0 Å². The lowest BCUT2D eigenvalue weighted by Gasteiger charge is -2.02. The number of thiophene rings is 1. The van der Waals surface area contributed by atoms with Gasteiger partial charge in [-0.05, 0) is 17.7 Å². The second-order valence-corrected chi connectivity index (χ2v) is 5.21. The first kappa shape index (κ1) is 12.6. The largest absolute Gasteiger partial charge is 0.404 e. The molecule has 1 aromatic carbocycles. The minimum atomic E-state index is 0.400. The number of carbonyl (C=O) groups is 1. The van der Waals surface area contributed by atoms with Crippen LogP contribution in [0.1, 0.15) is 5.69 Å². The Morgan fingerprint density at radius 1 is 1.15 bits per heavy atom. The molecule has 0 aliphatic carbocycles. The van der Waals surface area contributed by atoms with E-state index in [1.54, 1.807) is 11.3 Å². The van der Waals surface area contributed by atoms with Crippen molar-refractivity contribution in [1.29, 1.82) is 0 Å². The van der Waals surface area contributed by atoms with Crippen LogP contribution in [0.25, 0.3) is 26.9 Å². The fraction of sp³-hybridized carbons (Fsp3) is 0. The summed E-state index contributed by atoms with van der Waals surface area (Å²) in [5.74, 6) is 0. The van der Waals surface area contributed by atoms with Crippen molar-refractivity contribution in [1.82, 2.24) is 4.98 Å². The van der Waals surface area contributed by atoms with Crippen LogP contribution in [0.2, 0.25) is 0 Å². The number of nitrogens with two attached hydrogens (primary N) is 1. The molecule has 2 N–H and O–H groups in total. The number of pyridine rings is 1. The highest BCUT2D eigenvalue weighted by Crippen LogP contribution is 2.33. The van der Waals surface area contributed by atoms with Gasteiger partial charge in [0, 0.05) is 17.1 Å². The molecule has 2 aromatic heterocycles. The number of allylic oxidation sites excluding steroid dienone is 1. The Balaban J connectivity index is 2.21. The van der Waals surface area contributed by atoms with Crippen molar-refractivity contribution < 1.29 is 4.79 Å². The van der Waals surface area contributed by atoms with Gasteiger partial charge in [-0.15, -0.1) is 11.3 Å². The third-order valence-corrected chi connectivity index (χ3v) is 4.04. The molecular formula is C16H12N2OS. The van der Waals surface area contributed by atoms with E-state index in [0.717, 1.165) is 27.6 Å². The normalized spacial score (nSPS) is 11.7. The van der Waals surface area contributed by atoms with E-state index in [4.69, 9.17) is 5.73 Å². The van der Waals surface area contributed by atoms with Gasteiger partial charge in [0.25, 0.3) is 0 Å². The molecular weight excluding hydrogens is 268 g/mol. The number of aldehydes is 1. The number of carbonyl (C=O) groups excluding carboxylic acids is 1. The van der Waals surface area contributed by atoms with Gasteiger partial charge in [0.2, 0.25) is 0 Å². The van der Waals surface area contributed by atoms with Crippen LogP contribution in [-0.2, 0) is 4.79 Å². The molecule has 0 aliphatic heterocycles. The van der Waals surface area contributed by atoms with E-state index in [1.165, 1.54) is 6.20 Å². The zero-order valence-electron chi connectivity index (χ0n) is 10.6. The first-order chi connectivity index (χ1) is 9.83. The van der Waals surface area contributed by atoms with Gasteiger partial charge in [-0.3, -0.25) is 4.79 Å². The van der Waals surface area contributed by atoms with Crippen LogP contribution in [0.4, 0.5) is 0 Å². The quantitative estimate of drug-likeness (QED) is 0.590. The zero-order chi connectivity index (χ0) is 13.9. The summed E-state index contributed by atoms with van der Waals surface area (Å²) in [5, 5.41) is 2.09. The maximum Gasteiger partial charge on any atom is 0.153 e. The van der Waals surface area contributed by atoms with Gasteiger partial charge < -0.3 is 5.73 Å². The molecule has 0 fully saturated rings. The van der Waals surface area contributed by atoms with Gasteiger partial charge >= 0.3 is 0 Å². The lowest BCUT2D eigenvalue weighted by molar-refractivity contribution is -0.103. The van der Waals surface area contributed by atoms with E-state index in [1.807, 2.05) is 30.3 Å². The Bertz CT molecular complexity index is 791. The third-order valence-electron chi connectivity index (χ3n) is 3.10. The molecule has 4 heteroatoms. The van der Waals surface area contributed by atoms with Gasteiger partial charge in [0.15, 0.2) is 6.29 Å². The predicted octanol–water partition coefficient (Wildman–Crippen LogP) is 3.46. The Labute approximate surface area is 120 Å². The van der Waals surface area contributed by atoms with Crippen molar-refractivity contribution in [2.75, 3.05) is 0 Å². The molecule has 0 bridgehead atoms. The maximum absolute atomic E-state index is 11.0. The summed E-state index contributed by atoms with van der Waals surface area (Å²) in [7, 11) is 0. The smallest absolute Gasteiger partial charge is 0.153 e. The summed E-state index contributed by atoms with van der Waals surface area (Å²) < 4.78 is 1.09. The summed E-state index contributed by atoms with van der Waals surface area (Å²) in [4.78, 5) is 15.6. The molecule has 0 unspecified atom stereocenters. The summed E-state index contributed by atoms with van der Waals surface area (Å²) in [5.41, 5.74) is 9.56. The summed E-state index contributed by atoms with van der Waals surface area (Å²) in [6, 6.07) is 13.9. The van der Waals surface area contributed by atoms with Crippen molar-refractivity contribution in [3.63, 3.8) is 0 Å². The van der Waals surface area contributed by atoms with Crippen LogP contribution in [0.15, 0.2) is 54.0 Å². The highest BCUT2D eigenvalue weighted by molar-refractivity contribution is 7.17. The fourth-order valence-corrected chi connectivity index (χ4v) is 2.99. The van der Waals surface area contributed by atoms with Gasteiger partial charge in [0.05, 0.1) is 21.5 Å². The van der Waals surface area contributed by atoms with Crippen molar-refractivity contribution in [3.8, 4) is 11.1 Å². The molecule has 3 nitrogen and oxygen atoms in total. The Hall–Kier alpha value is -2.46. The maximum atomic E-state index is 11.0. The second-order valence-electron chi connectivity index (χ2n) is 4.30. The highest BCUT2D eigenvalue weighted by atomic mass is 32.1. The molecule has 0 aliphatic rings. The van der Waals surface area contributed by atoms with Crippen LogP contribution < -0.4 is 5.73 Å². The lowest BCUT2D eigenvalue weighted by Crippen LogP contribution is -1.94. The number of hydrogen-bond donors (Lipinski definition) is 1. The molecule has 98 valence electrons. The molecule has 2 heterocycles. The van der Waals surface area contributed by atoms with Gasteiger partial charge in [-0.1, -0.05) is 30.3 Å². The molecule has 0 amide bonds. The Kier molecular flexibility index (Phi) is 3.31. The number of fused-ring (bicyclic) bond motifs is 1. The molecule has 3 rings (SSSR count). The monoisotopic (exact) mass is 280 g/mol. The van der Waals surface area contributed by atoms with E-state index >= 15 is 0 Å². The van der Waals surface area contributed by atoms with E-state index in [-0.39, 0.29) is 0 Å². The van der Waals surface area contributed by atoms with Crippen LogP contribution in [-0.4, -0.2) is 11.3 Å². The summed E-state index contributed by atoms with van der Waals surface area (Å²) in [6.45, 7) is 0. The van der Waals surface area contributed by atoms with E-state index in [9.17, 15) is 4.79 Å². The number of nitrogens with zero attached hydrogens (tertiary/aromatic N) is 1. The number of rotatable bonds is 3. The molecule has 0 saturated carbocycles. The molecule has 0 spiro atoms. The van der Waals surface area contributed by atoms with Crippen molar-refractivity contribution in [2.45, 2.75) is 0 Å². The molecule has 0 atom stereocenters. The van der Waals surface area contributed by atoms with Gasteiger partial charge in [-0.25, -0.2) is 4.98 Å². The first-order valence-corrected chi connectivity index (χ1v) is 7.02. The molecule has 3 aromatic rings. The average molecular weight is 280 g/mol. The second kappa shape index (κ2) is 5.27. The zero-order valence-corrected chi connectivity index (χ0v) is 11.4. The topological polar surface area (TPSA) is 56.0 Å². The Morgan fingerprint density at radius 2 is 1.95 bits per heavy atom. The third kappa shape index (κ3) is 2.10. The number of hydrogen-bond acceptors (Lipinski definition) is 4. The van der Waals surface area contributed by atoms with Crippen molar-refractivity contribution in [3.05, 3.63) is 59.7 Å². The minimum absolute atomic E-state index is 0.400. The first-order valence-electron chi connectivity index (χ1n) is 6.14. The standard InChI is InChI=1S/C16H12N2OS/c17-8-12(9-19)14-6-7-15-16(18-14)13(10-20-15)11-4-2-1-3-5-11/h1-10H,17H2/b12-8+. The predicted molar refractivity (Wildman–Crippen MR) is 83.3 cm³/mol. The van der Waals surface area contributed by atoms with Crippen LogP contribution in [0, 0.1) is 0 Å². The minimum Gasteiger partial charge on any atom is -0.404 e. The van der Waals surface area contributed by atoms with E-state index < -0.39 is 0 Å². The van der Waals surface area contributed by atoms with Crippen LogP contribution >= 0.6 is 11.3 Å². The fourth-order valence-electron chi connectivity index (χ4n) is 2.08. The Morgan fingerprint density at radius 3 is 2.65 bits per heavy atom. The van der Waals surface area contributed by atoms with Crippen molar-refractivity contribution >= 4 is 33.4 Å². The van der Waals surface area contributed by atoms with Gasteiger partial charge in [-0.2, -0.15) is 0 Å². The molecule has 0 radical (unpaired) electrons. The van der Waals surface area contributed by atoms with Crippen LogP contribution in [0.5, 0.6) is 0 Å². The average Bonchev–Trinajstić information content (AvgIpc) is 2.93. The van der Waals surface area contributed by atoms with Crippen molar-refractivity contribution in [2.24, 2.45) is 5.73 Å². The number of benzene rings is 1. The van der Waals surface area contributed by atoms with E-state index in [0.29, 0.717) is 11.3 Å². The summed E-state index contributed by atoms with van der Waals surface area (Å²) >= 11 is 1.64. The lowest BCUT2D eigenvalue weighted by atomic mass is 10.1. The highest BCUT2D eigenvalue weighted by Gasteiger charge is 2.10. The number of aromatic nitrogens is 1. The van der Waals surface area contributed by atoms with E-state index in [2.05, 4.69) is 22.5 Å². The van der Waals surface area contributed by atoms with Gasteiger partial charge in [0.1, 0.15) is 0 Å². The molecule has 20 heavy (non-hydrogen) atoms.